The molecule has 0 spiro atoms. The fourth-order valence-corrected chi connectivity index (χ4v) is 6.06. The number of allylic oxidation sites excluding steroid dienone is 6. The molecule has 0 N–H and O–H groups in total. The molecule has 0 saturated heterocycles. The molecule has 0 saturated carbocycles. The Bertz CT molecular complexity index is 1490. The first kappa shape index (κ1) is 22.4. The summed E-state index contributed by atoms with van der Waals surface area (Å²) in [4.78, 5) is 16.3. The molecule has 2 heterocycles. The van der Waals surface area contributed by atoms with E-state index in [1.54, 1.807) is 49.5 Å². The molecule has 2 aromatic carbocycles. The van der Waals surface area contributed by atoms with Crippen LogP contribution in [0.4, 0.5) is 0 Å². The van der Waals surface area contributed by atoms with Crippen molar-refractivity contribution in [3.63, 3.8) is 0 Å². The summed E-state index contributed by atoms with van der Waals surface area (Å²) < 4.78 is 11.8. The smallest absolute Gasteiger partial charge is 0.239 e. The second-order valence-corrected chi connectivity index (χ2v) is 10.7. The third-order valence-electron chi connectivity index (χ3n) is 5.83. The predicted molar refractivity (Wildman–Crippen MR) is 138 cm³/mol. The zero-order valence-corrected chi connectivity index (χ0v) is 20.9. The number of carbonyl (C=O) groups excluding carboxylic acids is 1. The number of hydrogen-bond donors (Lipinski definition) is 0. The van der Waals surface area contributed by atoms with Crippen LogP contribution in [-0.4, -0.2) is 20.0 Å². The van der Waals surface area contributed by atoms with Gasteiger partial charge in [0.05, 0.1) is 19.6 Å². The summed E-state index contributed by atoms with van der Waals surface area (Å²) in [6.45, 7) is 4.04. The number of fused-ring (bicyclic) bond motifs is 2. The van der Waals surface area contributed by atoms with Gasteiger partial charge in [-0.15, -0.1) is 0 Å². The Morgan fingerprint density at radius 3 is 2.44 bits per heavy atom. The molecular formula is C28H22O4S2. The van der Waals surface area contributed by atoms with Crippen LogP contribution >= 0.6 is 23.1 Å². The normalized spacial score (nSPS) is 17.6. The van der Waals surface area contributed by atoms with Crippen LogP contribution < -0.4 is 14.6 Å². The second-order valence-electron chi connectivity index (χ2n) is 8.12. The molecule has 1 aromatic heterocycles. The molecule has 0 unspecified atom stereocenters. The van der Waals surface area contributed by atoms with Gasteiger partial charge in [-0.3, -0.25) is 4.79 Å². The molecule has 0 atom stereocenters. The number of thioether (sulfide) groups is 1. The fraction of sp³-hybridized carbons (Fsp3) is 0.143. The number of Topliss-reactive ketones (excluding diaryl/α,β-unsaturated/α-hetero) is 1. The minimum absolute atomic E-state index is 0.211. The van der Waals surface area contributed by atoms with E-state index in [0.717, 1.165) is 53.0 Å². The Balaban J connectivity index is 1.58. The van der Waals surface area contributed by atoms with E-state index in [2.05, 4.69) is 0 Å². The fourth-order valence-electron chi connectivity index (χ4n) is 4.15. The van der Waals surface area contributed by atoms with Crippen molar-refractivity contribution >= 4 is 50.6 Å². The maximum Gasteiger partial charge on any atom is 0.239 e. The monoisotopic (exact) mass is 486 g/mol. The first-order valence-electron chi connectivity index (χ1n) is 10.7. The summed E-state index contributed by atoms with van der Waals surface area (Å²) >= 11 is 3.32. The van der Waals surface area contributed by atoms with E-state index in [-0.39, 0.29) is 22.7 Å². The number of carbonyl (C=O) groups is 1. The highest BCUT2D eigenvalue weighted by Gasteiger charge is 2.27. The topological polar surface area (TPSA) is 58.6 Å². The summed E-state index contributed by atoms with van der Waals surface area (Å²) in [7, 11) is 3.25. The lowest BCUT2D eigenvalue weighted by Gasteiger charge is -2.29. The van der Waals surface area contributed by atoms with Crippen molar-refractivity contribution in [2.24, 2.45) is 0 Å². The van der Waals surface area contributed by atoms with Gasteiger partial charge in [-0.1, -0.05) is 17.5 Å². The number of rotatable bonds is 4. The SMILES string of the molecule is COc1ccc2c(c1)/C(=C/C1=C([O-])C(=C/c3cc(C)[s+]c4ccc(OC)cc34)/C1=O)C=C(C)S2. The third kappa shape index (κ3) is 3.93. The van der Waals surface area contributed by atoms with Crippen LogP contribution in [0.3, 0.4) is 0 Å². The van der Waals surface area contributed by atoms with Crippen LogP contribution in [0.25, 0.3) is 21.7 Å². The zero-order valence-electron chi connectivity index (χ0n) is 19.2. The highest BCUT2D eigenvalue weighted by molar-refractivity contribution is 8.03. The predicted octanol–water partition coefficient (Wildman–Crippen LogP) is 6.18. The average molecular weight is 487 g/mol. The number of aryl methyl sites for hydroxylation is 1. The van der Waals surface area contributed by atoms with Gasteiger partial charge >= 0.3 is 0 Å². The van der Waals surface area contributed by atoms with E-state index >= 15 is 0 Å². The second kappa shape index (κ2) is 8.78. The molecular weight excluding hydrogens is 464 g/mol. The van der Waals surface area contributed by atoms with Crippen LogP contribution in [0.15, 0.2) is 81.3 Å². The van der Waals surface area contributed by atoms with Gasteiger partial charge in [0.1, 0.15) is 11.5 Å². The number of hydrogen-bond acceptors (Lipinski definition) is 5. The average Bonchev–Trinajstić information content (AvgIpc) is 2.84. The van der Waals surface area contributed by atoms with Gasteiger partial charge < -0.3 is 14.6 Å². The molecule has 0 fully saturated rings. The van der Waals surface area contributed by atoms with Gasteiger partial charge in [0.15, 0.2) is 5.78 Å². The summed E-state index contributed by atoms with van der Waals surface area (Å²) in [6.07, 6.45) is 5.43. The third-order valence-corrected chi connectivity index (χ3v) is 7.86. The van der Waals surface area contributed by atoms with Gasteiger partial charge in [-0.05, 0) is 77.1 Å². The molecule has 34 heavy (non-hydrogen) atoms. The molecule has 1 aliphatic carbocycles. The maximum atomic E-state index is 13.1. The largest absolute Gasteiger partial charge is 0.871 e. The number of methoxy groups -OCH3 is 2. The molecule has 1 aliphatic heterocycles. The van der Waals surface area contributed by atoms with Crippen molar-refractivity contribution in [1.82, 2.24) is 0 Å². The standard InChI is InChI=1S/C28H22O4S2/c1-15-9-17(21-13-19(31-3)5-7-25(21)33-15)11-23-27(29)24(28(23)30)12-18-10-16(2)34-26-8-6-20(32-4)14-22(18)26/h5-14H,1-4H3. The van der Waals surface area contributed by atoms with Crippen LogP contribution in [0, 0.1) is 6.92 Å². The molecule has 0 amide bonds. The van der Waals surface area contributed by atoms with Crippen LogP contribution in [0.2, 0.25) is 0 Å². The van der Waals surface area contributed by atoms with Gasteiger partial charge in [0, 0.05) is 35.1 Å². The Kier molecular flexibility index (Phi) is 5.80. The maximum absolute atomic E-state index is 13.1. The first-order chi connectivity index (χ1) is 16.4. The lowest BCUT2D eigenvalue weighted by Crippen LogP contribution is -2.29. The molecule has 3 aromatic rings. The highest BCUT2D eigenvalue weighted by Crippen LogP contribution is 2.43. The molecule has 170 valence electrons. The first-order valence-corrected chi connectivity index (χ1v) is 12.4. The highest BCUT2D eigenvalue weighted by atomic mass is 32.2. The number of ether oxygens (including phenoxy) is 2. The summed E-state index contributed by atoms with van der Waals surface area (Å²) in [5.74, 6) is 1.01. The van der Waals surface area contributed by atoms with Gasteiger partial charge in [-0.2, -0.15) is 0 Å². The summed E-state index contributed by atoms with van der Waals surface area (Å²) in [5.41, 5.74) is 3.06. The summed E-state index contributed by atoms with van der Waals surface area (Å²) in [6, 6.07) is 13.7. The lowest BCUT2D eigenvalue weighted by atomic mass is 9.84. The summed E-state index contributed by atoms with van der Waals surface area (Å²) in [5, 5.41) is 14.0. The van der Waals surface area contributed by atoms with Gasteiger partial charge in [-0.25, -0.2) is 0 Å². The lowest BCUT2D eigenvalue weighted by molar-refractivity contribution is -0.300. The van der Waals surface area contributed by atoms with Crippen LogP contribution in [-0.2, 0) is 4.79 Å². The van der Waals surface area contributed by atoms with Crippen molar-refractivity contribution in [2.75, 3.05) is 14.2 Å². The van der Waals surface area contributed by atoms with E-state index in [4.69, 9.17) is 9.47 Å². The van der Waals surface area contributed by atoms with Crippen molar-refractivity contribution in [2.45, 2.75) is 18.7 Å². The van der Waals surface area contributed by atoms with Crippen molar-refractivity contribution in [3.05, 3.63) is 92.4 Å². The van der Waals surface area contributed by atoms with E-state index in [1.807, 2.05) is 62.4 Å². The van der Waals surface area contributed by atoms with E-state index < -0.39 is 0 Å². The Hall–Kier alpha value is -3.35. The minimum Gasteiger partial charge on any atom is -0.871 e. The van der Waals surface area contributed by atoms with Crippen molar-refractivity contribution < 1.29 is 19.4 Å². The molecule has 0 radical (unpaired) electrons. The van der Waals surface area contributed by atoms with E-state index in [9.17, 15) is 9.90 Å². The van der Waals surface area contributed by atoms with Gasteiger partial charge in [0.25, 0.3) is 0 Å². The zero-order chi connectivity index (χ0) is 24.0. The number of ketones is 1. The Morgan fingerprint density at radius 1 is 0.971 bits per heavy atom. The molecule has 2 aliphatic rings. The number of benzene rings is 2. The van der Waals surface area contributed by atoms with Crippen LogP contribution in [0.1, 0.15) is 22.9 Å². The minimum atomic E-state index is -0.229. The Morgan fingerprint density at radius 2 is 1.71 bits per heavy atom. The Labute approximate surface area is 206 Å². The molecule has 0 bridgehead atoms. The molecule has 4 nitrogen and oxygen atoms in total. The quantitative estimate of drug-likeness (QED) is 0.325. The van der Waals surface area contributed by atoms with Crippen LogP contribution in [0.5, 0.6) is 11.5 Å². The molecule has 6 heteroatoms. The van der Waals surface area contributed by atoms with E-state index in [0.29, 0.717) is 0 Å². The van der Waals surface area contributed by atoms with Gasteiger partial charge in [0.2, 0.25) is 20.9 Å². The van der Waals surface area contributed by atoms with Crippen molar-refractivity contribution in [1.29, 1.82) is 0 Å². The van der Waals surface area contributed by atoms with E-state index in [1.165, 1.54) is 0 Å². The van der Waals surface area contributed by atoms with Crippen molar-refractivity contribution in [3.8, 4) is 11.5 Å². The molecule has 5 rings (SSSR count).